The number of urea groups is 1. The van der Waals surface area contributed by atoms with Crippen molar-refractivity contribution in [1.82, 2.24) is 15.5 Å². The van der Waals surface area contributed by atoms with E-state index in [9.17, 15) is 27.9 Å². The molecule has 176 valence electrons. The van der Waals surface area contributed by atoms with Gasteiger partial charge in [-0.25, -0.2) is 4.79 Å². The van der Waals surface area contributed by atoms with Crippen LogP contribution in [0.3, 0.4) is 0 Å². The zero-order valence-corrected chi connectivity index (χ0v) is 18.3. The summed E-state index contributed by atoms with van der Waals surface area (Å²) >= 11 is 0. The maximum absolute atomic E-state index is 13.2. The van der Waals surface area contributed by atoms with E-state index in [-0.39, 0.29) is 32.2 Å². The molecule has 1 aromatic rings. The lowest BCUT2D eigenvalue weighted by Crippen LogP contribution is -2.74. The molecule has 0 radical (unpaired) electrons. The summed E-state index contributed by atoms with van der Waals surface area (Å²) < 4.78 is 45.1. The van der Waals surface area contributed by atoms with E-state index in [1.807, 2.05) is 13.0 Å². The maximum Gasteiger partial charge on any atom is 0.401 e. The number of aryl methyl sites for hydroxylation is 1. The van der Waals surface area contributed by atoms with Gasteiger partial charge in [0.1, 0.15) is 11.3 Å². The predicted octanol–water partition coefficient (Wildman–Crippen LogP) is 2.39. The number of hydrogen-bond donors (Lipinski definition) is 3. The van der Waals surface area contributed by atoms with Crippen LogP contribution in [0.4, 0.5) is 18.0 Å². The molecule has 3 fully saturated rings. The minimum atomic E-state index is -4.40. The molecule has 0 aromatic heterocycles. The first-order valence-corrected chi connectivity index (χ1v) is 10.7. The van der Waals surface area contributed by atoms with Crippen LogP contribution in [0, 0.1) is 6.92 Å². The minimum absolute atomic E-state index is 0.0624. The molecule has 1 saturated carbocycles. The average molecular weight is 455 g/mol. The molecule has 7 nitrogen and oxygen atoms in total. The Morgan fingerprint density at radius 3 is 2.56 bits per heavy atom. The van der Waals surface area contributed by atoms with Gasteiger partial charge < -0.3 is 15.2 Å². The van der Waals surface area contributed by atoms with Gasteiger partial charge in [0.2, 0.25) is 0 Å². The largest absolute Gasteiger partial charge is 0.497 e. The average Bonchev–Trinajstić information content (AvgIpc) is 2.98. The summed E-state index contributed by atoms with van der Waals surface area (Å²) in [4.78, 5) is 26.0. The molecule has 1 spiro atoms. The van der Waals surface area contributed by atoms with Gasteiger partial charge in [0.15, 0.2) is 0 Å². The number of piperidine rings is 1. The number of hydrogen-bond acceptors (Lipinski definition) is 5. The normalized spacial score (nSPS) is 35.4. The predicted molar refractivity (Wildman–Crippen MR) is 109 cm³/mol. The van der Waals surface area contributed by atoms with Gasteiger partial charge in [0, 0.05) is 11.5 Å². The first-order chi connectivity index (χ1) is 14.9. The number of methoxy groups -OCH3 is 1. The summed E-state index contributed by atoms with van der Waals surface area (Å²) in [6.45, 7) is 2.45. The van der Waals surface area contributed by atoms with Crippen LogP contribution in [-0.4, -0.2) is 65.5 Å². The lowest BCUT2D eigenvalue weighted by molar-refractivity contribution is -0.202. The van der Waals surface area contributed by atoms with E-state index in [0.717, 1.165) is 11.1 Å². The Balaban J connectivity index is 1.86. The van der Waals surface area contributed by atoms with Gasteiger partial charge in [-0.15, -0.1) is 0 Å². The number of likely N-dealkylation sites (tertiary alicyclic amines) is 1. The molecule has 4 rings (SSSR count). The molecule has 0 bridgehead atoms. The molecule has 2 heterocycles. The number of nitrogens with one attached hydrogen (secondary N) is 2. The van der Waals surface area contributed by atoms with Crippen molar-refractivity contribution in [3.63, 3.8) is 0 Å². The summed E-state index contributed by atoms with van der Waals surface area (Å²) in [6.07, 6.45) is -3.91. The Morgan fingerprint density at radius 1 is 1.25 bits per heavy atom. The summed E-state index contributed by atoms with van der Waals surface area (Å²) in [5.41, 5.74) is -2.26. The number of rotatable bonds is 3. The topological polar surface area (TPSA) is 90.9 Å². The van der Waals surface area contributed by atoms with Crippen molar-refractivity contribution in [2.75, 3.05) is 20.2 Å². The Kier molecular flexibility index (Phi) is 5.24. The molecular weight excluding hydrogens is 427 g/mol. The van der Waals surface area contributed by atoms with E-state index in [1.165, 1.54) is 12.0 Å². The Morgan fingerprint density at radius 2 is 1.97 bits per heavy atom. The molecule has 2 aliphatic heterocycles. The molecule has 3 N–H and O–H groups in total. The van der Waals surface area contributed by atoms with Gasteiger partial charge in [0.05, 0.1) is 19.3 Å². The quantitative estimate of drug-likeness (QED) is 0.609. The summed E-state index contributed by atoms with van der Waals surface area (Å²) in [5, 5.41) is 17.1. The Bertz CT molecular complexity index is 955. The third-order valence-corrected chi connectivity index (χ3v) is 7.79. The maximum atomic E-state index is 13.2. The lowest BCUT2D eigenvalue weighted by atomic mass is 9.49. The van der Waals surface area contributed by atoms with Gasteiger partial charge in [0.25, 0.3) is 5.91 Å². The van der Waals surface area contributed by atoms with Crippen LogP contribution in [0.15, 0.2) is 18.2 Å². The lowest BCUT2D eigenvalue weighted by Gasteiger charge is -2.62. The molecule has 1 aliphatic carbocycles. The monoisotopic (exact) mass is 455 g/mol. The summed E-state index contributed by atoms with van der Waals surface area (Å²) in [6, 6.07) is 3.99. The number of nitrogens with zero attached hydrogens (tertiary/aromatic N) is 1. The van der Waals surface area contributed by atoms with Crippen LogP contribution in [0.25, 0.3) is 0 Å². The number of alkyl halides is 3. The van der Waals surface area contributed by atoms with E-state index < -0.39 is 47.3 Å². The fourth-order valence-corrected chi connectivity index (χ4v) is 6.13. The molecule has 4 atom stereocenters. The fraction of sp³-hybridized carbons (Fsp3) is 0.636. The zero-order valence-electron chi connectivity index (χ0n) is 18.3. The molecule has 1 aromatic carbocycles. The van der Waals surface area contributed by atoms with E-state index in [4.69, 9.17) is 4.74 Å². The second-order valence-electron chi connectivity index (χ2n) is 9.37. The van der Waals surface area contributed by atoms with Crippen molar-refractivity contribution < 1.29 is 32.6 Å². The van der Waals surface area contributed by atoms with Crippen molar-refractivity contribution in [2.45, 2.75) is 68.3 Å². The van der Waals surface area contributed by atoms with Gasteiger partial charge in [-0.1, -0.05) is 6.07 Å². The highest BCUT2D eigenvalue weighted by Crippen LogP contribution is 2.58. The van der Waals surface area contributed by atoms with Crippen LogP contribution in [-0.2, 0) is 10.2 Å². The van der Waals surface area contributed by atoms with Crippen LogP contribution in [0.2, 0.25) is 0 Å². The number of aliphatic hydroxyl groups is 1. The highest BCUT2D eigenvalue weighted by molar-refractivity contribution is 6.07. The van der Waals surface area contributed by atoms with Crippen LogP contribution < -0.4 is 15.4 Å². The van der Waals surface area contributed by atoms with Crippen molar-refractivity contribution >= 4 is 11.9 Å². The molecule has 3 aliphatic rings. The minimum Gasteiger partial charge on any atom is -0.497 e. The van der Waals surface area contributed by atoms with Gasteiger partial charge in [-0.3, -0.25) is 15.0 Å². The van der Waals surface area contributed by atoms with Crippen molar-refractivity contribution in [2.24, 2.45) is 0 Å². The van der Waals surface area contributed by atoms with Crippen LogP contribution in [0.5, 0.6) is 5.75 Å². The molecular formula is C22H28F3N3O4. The van der Waals surface area contributed by atoms with Gasteiger partial charge in [-0.05, 0) is 69.3 Å². The number of halogens is 3. The number of fused-ring (bicyclic) bond motifs is 1. The number of carbonyl (C=O) groups excluding carboxylic acids is 2. The fourth-order valence-electron chi connectivity index (χ4n) is 6.13. The smallest absolute Gasteiger partial charge is 0.401 e. The second kappa shape index (κ2) is 7.34. The molecule has 2 saturated heterocycles. The third kappa shape index (κ3) is 3.35. The van der Waals surface area contributed by atoms with E-state index in [2.05, 4.69) is 10.6 Å². The Labute approximate surface area is 184 Å². The highest BCUT2D eigenvalue weighted by atomic mass is 19.4. The number of amides is 3. The third-order valence-electron chi connectivity index (χ3n) is 7.79. The standard InChI is InChI=1S/C22H28F3N3O4/c1-13-4-5-15(32-3)10-16(13)19-8-9-28(12-22(23,24)25)14(2)21(19,31)7-6-20(11-19)17(29)26-18(30)27-20/h4-5,10,14,31H,6-9,11-12H2,1-3H3,(H2,26,27,29,30). The molecule has 3 amide bonds. The first kappa shape index (κ1) is 22.8. The van der Waals surface area contributed by atoms with E-state index >= 15 is 0 Å². The first-order valence-electron chi connectivity index (χ1n) is 10.7. The molecule has 10 heteroatoms. The second-order valence-corrected chi connectivity index (χ2v) is 9.37. The van der Waals surface area contributed by atoms with E-state index in [1.54, 1.807) is 19.1 Å². The zero-order chi connectivity index (χ0) is 23.5. The molecule has 32 heavy (non-hydrogen) atoms. The summed E-state index contributed by atoms with van der Waals surface area (Å²) in [7, 11) is 1.51. The summed E-state index contributed by atoms with van der Waals surface area (Å²) in [5.74, 6) is 0.0853. The number of benzene rings is 1. The van der Waals surface area contributed by atoms with Gasteiger partial charge >= 0.3 is 12.2 Å². The van der Waals surface area contributed by atoms with Crippen molar-refractivity contribution in [1.29, 1.82) is 0 Å². The highest BCUT2D eigenvalue weighted by Gasteiger charge is 2.67. The number of carbonyl (C=O) groups is 2. The van der Waals surface area contributed by atoms with Crippen LogP contribution >= 0.6 is 0 Å². The van der Waals surface area contributed by atoms with Crippen LogP contribution in [0.1, 0.15) is 43.7 Å². The Hall–Kier alpha value is -2.33. The number of ether oxygens (including phenoxy) is 1. The van der Waals surface area contributed by atoms with E-state index in [0.29, 0.717) is 5.75 Å². The van der Waals surface area contributed by atoms with Crippen molar-refractivity contribution in [3.05, 3.63) is 29.3 Å². The SMILES string of the molecule is COc1ccc(C)c(C23CCN(CC(F)(F)F)C(C)C2(O)CCC2(C3)NC(=O)NC2=O)c1. The van der Waals surface area contributed by atoms with Crippen molar-refractivity contribution in [3.8, 4) is 5.75 Å². The molecule has 4 unspecified atom stereocenters. The number of imide groups is 1. The van der Waals surface area contributed by atoms with Gasteiger partial charge in [-0.2, -0.15) is 13.2 Å².